The maximum Gasteiger partial charge on any atom is 0.128 e. The lowest BCUT2D eigenvalue weighted by Crippen LogP contribution is -2.16. The van der Waals surface area contributed by atoms with Crippen LogP contribution in [0.15, 0.2) is 34.3 Å². The maximum atomic E-state index is 5.49. The molecule has 0 aliphatic rings. The van der Waals surface area contributed by atoms with E-state index in [0.29, 0.717) is 0 Å². The van der Waals surface area contributed by atoms with Crippen molar-refractivity contribution in [1.29, 1.82) is 0 Å². The van der Waals surface area contributed by atoms with Crippen LogP contribution in [0.4, 0.5) is 0 Å². The molecule has 2 aromatic heterocycles. The van der Waals surface area contributed by atoms with Gasteiger partial charge < -0.3 is 9.73 Å². The van der Waals surface area contributed by atoms with E-state index in [-0.39, 0.29) is 6.04 Å². The summed E-state index contributed by atoms with van der Waals surface area (Å²) >= 11 is 1.74. The Morgan fingerprint density at radius 2 is 2.29 bits per heavy atom. The SMILES string of the molecule is CNC(c1cccs1)c1occc1C. The minimum Gasteiger partial charge on any atom is -0.467 e. The molecule has 0 spiro atoms. The Labute approximate surface area is 87.6 Å². The number of aryl methyl sites for hydroxylation is 1. The van der Waals surface area contributed by atoms with Gasteiger partial charge in [-0.25, -0.2) is 0 Å². The normalized spacial score (nSPS) is 13.0. The summed E-state index contributed by atoms with van der Waals surface area (Å²) in [5.74, 6) is 1.01. The third-order valence-electron chi connectivity index (χ3n) is 2.28. The zero-order chi connectivity index (χ0) is 9.97. The van der Waals surface area contributed by atoms with Gasteiger partial charge >= 0.3 is 0 Å². The number of hydrogen-bond acceptors (Lipinski definition) is 3. The van der Waals surface area contributed by atoms with Crippen molar-refractivity contribution in [2.45, 2.75) is 13.0 Å². The van der Waals surface area contributed by atoms with Crippen molar-refractivity contribution < 1.29 is 4.42 Å². The molecule has 2 rings (SSSR count). The lowest BCUT2D eigenvalue weighted by atomic mass is 10.1. The van der Waals surface area contributed by atoms with Crippen molar-refractivity contribution in [2.75, 3.05) is 7.05 Å². The second kappa shape index (κ2) is 3.98. The molecular weight excluding hydrogens is 194 g/mol. The van der Waals surface area contributed by atoms with Gasteiger partial charge in [-0.05, 0) is 37.0 Å². The molecule has 0 aliphatic carbocycles. The molecule has 1 N–H and O–H groups in total. The van der Waals surface area contributed by atoms with Crippen molar-refractivity contribution in [2.24, 2.45) is 0 Å². The van der Waals surface area contributed by atoms with Gasteiger partial charge in [-0.2, -0.15) is 0 Å². The summed E-state index contributed by atoms with van der Waals surface area (Å²) in [6.45, 7) is 2.07. The summed E-state index contributed by atoms with van der Waals surface area (Å²) in [6, 6.07) is 6.36. The molecule has 0 saturated carbocycles. The lowest BCUT2D eigenvalue weighted by molar-refractivity contribution is 0.463. The Hall–Kier alpha value is -1.06. The first-order valence-corrected chi connectivity index (χ1v) is 5.45. The molecule has 0 fully saturated rings. The Morgan fingerprint density at radius 3 is 2.79 bits per heavy atom. The molecule has 14 heavy (non-hydrogen) atoms. The smallest absolute Gasteiger partial charge is 0.128 e. The lowest BCUT2D eigenvalue weighted by Gasteiger charge is -2.12. The number of nitrogens with one attached hydrogen (secondary N) is 1. The molecule has 0 aromatic carbocycles. The molecule has 2 nitrogen and oxygen atoms in total. The molecule has 0 amide bonds. The van der Waals surface area contributed by atoms with Gasteiger partial charge in [0.2, 0.25) is 0 Å². The van der Waals surface area contributed by atoms with E-state index in [1.807, 2.05) is 13.1 Å². The van der Waals surface area contributed by atoms with Crippen LogP contribution >= 0.6 is 11.3 Å². The zero-order valence-corrected chi connectivity index (χ0v) is 9.10. The summed E-state index contributed by atoms with van der Waals surface area (Å²) in [6.07, 6.45) is 1.74. The fraction of sp³-hybridized carbons (Fsp3) is 0.273. The van der Waals surface area contributed by atoms with E-state index in [1.165, 1.54) is 10.4 Å². The average molecular weight is 207 g/mol. The van der Waals surface area contributed by atoms with E-state index >= 15 is 0 Å². The third-order valence-corrected chi connectivity index (χ3v) is 3.22. The summed E-state index contributed by atoms with van der Waals surface area (Å²) in [7, 11) is 1.95. The van der Waals surface area contributed by atoms with E-state index in [9.17, 15) is 0 Å². The molecule has 1 unspecified atom stereocenters. The van der Waals surface area contributed by atoms with Gasteiger partial charge in [0.15, 0.2) is 0 Å². The number of hydrogen-bond donors (Lipinski definition) is 1. The summed E-state index contributed by atoms with van der Waals surface area (Å²) < 4.78 is 5.49. The van der Waals surface area contributed by atoms with Crippen LogP contribution in [0.1, 0.15) is 22.2 Å². The van der Waals surface area contributed by atoms with E-state index in [1.54, 1.807) is 17.6 Å². The number of thiophene rings is 1. The average Bonchev–Trinajstić information content (AvgIpc) is 2.80. The van der Waals surface area contributed by atoms with Gasteiger partial charge in [-0.3, -0.25) is 0 Å². The first-order valence-electron chi connectivity index (χ1n) is 4.57. The summed E-state index contributed by atoms with van der Waals surface area (Å²) in [4.78, 5) is 1.28. The van der Waals surface area contributed by atoms with Gasteiger partial charge in [0, 0.05) is 4.88 Å². The topological polar surface area (TPSA) is 25.2 Å². The van der Waals surface area contributed by atoms with Crippen LogP contribution in [-0.2, 0) is 0 Å². The van der Waals surface area contributed by atoms with Gasteiger partial charge in [0.1, 0.15) is 11.8 Å². The first-order chi connectivity index (χ1) is 6.83. The van der Waals surface area contributed by atoms with Gasteiger partial charge in [-0.15, -0.1) is 11.3 Å². The molecule has 0 bridgehead atoms. The maximum absolute atomic E-state index is 5.49. The van der Waals surface area contributed by atoms with Crippen molar-refractivity contribution in [3.63, 3.8) is 0 Å². The van der Waals surface area contributed by atoms with Crippen LogP contribution in [-0.4, -0.2) is 7.05 Å². The van der Waals surface area contributed by atoms with Crippen LogP contribution in [0.3, 0.4) is 0 Å². The molecule has 74 valence electrons. The molecule has 2 aromatic rings. The van der Waals surface area contributed by atoms with Crippen LogP contribution < -0.4 is 5.32 Å². The van der Waals surface area contributed by atoms with Crippen LogP contribution in [0, 0.1) is 6.92 Å². The highest BCUT2D eigenvalue weighted by Crippen LogP contribution is 2.28. The highest BCUT2D eigenvalue weighted by atomic mass is 32.1. The van der Waals surface area contributed by atoms with E-state index < -0.39 is 0 Å². The third kappa shape index (κ3) is 1.61. The van der Waals surface area contributed by atoms with E-state index in [0.717, 1.165) is 5.76 Å². The first kappa shape index (κ1) is 9.49. The Morgan fingerprint density at radius 1 is 1.43 bits per heavy atom. The highest BCUT2D eigenvalue weighted by molar-refractivity contribution is 7.10. The molecule has 1 atom stereocenters. The fourth-order valence-corrected chi connectivity index (χ4v) is 2.37. The summed E-state index contributed by atoms with van der Waals surface area (Å²) in [5.41, 5.74) is 1.19. The minimum absolute atomic E-state index is 0.185. The van der Waals surface area contributed by atoms with Crippen molar-refractivity contribution in [3.8, 4) is 0 Å². The van der Waals surface area contributed by atoms with Gasteiger partial charge in [0.25, 0.3) is 0 Å². The molecular formula is C11H13NOS. The van der Waals surface area contributed by atoms with Crippen molar-refractivity contribution in [1.82, 2.24) is 5.32 Å². The molecule has 3 heteroatoms. The zero-order valence-electron chi connectivity index (χ0n) is 8.28. The van der Waals surface area contributed by atoms with Crippen LogP contribution in [0.5, 0.6) is 0 Å². The minimum atomic E-state index is 0.185. The largest absolute Gasteiger partial charge is 0.467 e. The second-order valence-corrected chi connectivity index (χ2v) is 4.18. The van der Waals surface area contributed by atoms with Gasteiger partial charge in [-0.1, -0.05) is 6.07 Å². The van der Waals surface area contributed by atoms with Crippen LogP contribution in [0.25, 0.3) is 0 Å². The van der Waals surface area contributed by atoms with Gasteiger partial charge in [0.05, 0.1) is 6.26 Å². The number of furan rings is 1. The number of rotatable bonds is 3. The quantitative estimate of drug-likeness (QED) is 0.837. The summed E-state index contributed by atoms with van der Waals surface area (Å²) in [5, 5.41) is 5.35. The second-order valence-electron chi connectivity index (χ2n) is 3.20. The monoisotopic (exact) mass is 207 g/mol. The molecule has 0 saturated heterocycles. The Balaban J connectivity index is 2.36. The Kier molecular flexibility index (Phi) is 2.70. The van der Waals surface area contributed by atoms with Crippen molar-refractivity contribution >= 4 is 11.3 Å². The highest BCUT2D eigenvalue weighted by Gasteiger charge is 2.17. The van der Waals surface area contributed by atoms with Crippen molar-refractivity contribution in [3.05, 3.63) is 46.0 Å². The van der Waals surface area contributed by atoms with E-state index in [2.05, 4.69) is 29.8 Å². The fourth-order valence-electron chi connectivity index (χ4n) is 1.54. The standard InChI is InChI=1S/C11H13NOS/c1-8-5-6-13-11(8)10(12-2)9-4-3-7-14-9/h3-7,10,12H,1-2H3. The predicted molar refractivity (Wildman–Crippen MR) is 58.7 cm³/mol. The Bertz CT molecular complexity index is 391. The van der Waals surface area contributed by atoms with E-state index in [4.69, 9.17) is 4.42 Å². The van der Waals surface area contributed by atoms with Crippen LogP contribution in [0.2, 0.25) is 0 Å². The predicted octanol–water partition coefficient (Wildman–Crippen LogP) is 2.96. The molecule has 0 aliphatic heterocycles. The molecule has 0 radical (unpaired) electrons. The molecule has 2 heterocycles.